The number of hydrogen-bond donors (Lipinski definition) is 2. The average molecular weight is 222 g/mol. The zero-order chi connectivity index (χ0) is 12.1. The molecule has 7 heteroatoms. The van der Waals surface area contributed by atoms with Crippen LogP contribution in [0.25, 0.3) is 0 Å². The number of rotatable bonds is 5. The van der Waals surface area contributed by atoms with Crippen LogP contribution in [0.5, 0.6) is 0 Å². The Hall–Kier alpha value is -1.02. The fraction of sp³-hybridized carbons (Fsp3) is 0.750. The summed E-state index contributed by atoms with van der Waals surface area (Å²) in [4.78, 5) is 34.0. The van der Waals surface area contributed by atoms with Crippen molar-refractivity contribution in [3.63, 3.8) is 0 Å². The van der Waals surface area contributed by atoms with E-state index >= 15 is 0 Å². The van der Waals surface area contributed by atoms with Crippen LogP contribution in [0.3, 0.4) is 0 Å². The predicted molar refractivity (Wildman–Crippen MR) is 46.3 cm³/mol. The molecule has 15 heavy (non-hydrogen) atoms. The lowest BCUT2D eigenvalue weighted by molar-refractivity contribution is -0.334. The SMILES string of the molecule is CC(C)(C)OOC(=O)C(=O)CC(O)OO. The van der Waals surface area contributed by atoms with Crippen LogP contribution in [0.1, 0.15) is 27.2 Å². The lowest BCUT2D eigenvalue weighted by atomic mass is 10.2. The van der Waals surface area contributed by atoms with Gasteiger partial charge in [-0.25, -0.2) is 14.9 Å². The first kappa shape index (κ1) is 14.0. The van der Waals surface area contributed by atoms with Crippen molar-refractivity contribution in [1.82, 2.24) is 0 Å². The quantitative estimate of drug-likeness (QED) is 0.292. The summed E-state index contributed by atoms with van der Waals surface area (Å²) in [7, 11) is 0. The van der Waals surface area contributed by atoms with Crippen molar-refractivity contribution in [3.05, 3.63) is 0 Å². The van der Waals surface area contributed by atoms with E-state index < -0.39 is 30.1 Å². The highest BCUT2D eigenvalue weighted by Gasteiger charge is 2.23. The van der Waals surface area contributed by atoms with E-state index in [2.05, 4.69) is 14.7 Å². The Bertz CT molecular complexity index is 230. The van der Waals surface area contributed by atoms with Gasteiger partial charge in [0.15, 0.2) is 6.29 Å². The van der Waals surface area contributed by atoms with E-state index in [1.807, 2.05) is 0 Å². The zero-order valence-corrected chi connectivity index (χ0v) is 8.72. The third-order valence-electron chi connectivity index (χ3n) is 1.08. The summed E-state index contributed by atoms with van der Waals surface area (Å²) in [6, 6.07) is 0. The third-order valence-corrected chi connectivity index (χ3v) is 1.08. The lowest BCUT2D eigenvalue weighted by Gasteiger charge is -2.16. The monoisotopic (exact) mass is 222 g/mol. The summed E-state index contributed by atoms with van der Waals surface area (Å²) >= 11 is 0. The summed E-state index contributed by atoms with van der Waals surface area (Å²) in [5.74, 6) is -2.33. The largest absolute Gasteiger partial charge is 0.408 e. The topological polar surface area (TPSA) is 102 Å². The molecule has 0 fully saturated rings. The van der Waals surface area contributed by atoms with Crippen LogP contribution < -0.4 is 0 Å². The van der Waals surface area contributed by atoms with Gasteiger partial charge in [-0.3, -0.25) is 9.68 Å². The first-order valence-corrected chi connectivity index (χ1v) is 4.17. The van der Waals surface area contributed by atoms with Gasteiger partial charge in [0.1, 0.15) is 5.60 Å². The maximum Gasteiger partial charge on any atom is 0.408 e. The Morgan fingerprint density at radius 3 is 2.27 bits per heavy atom. The molecule has 0 saturated heterocycles. The normalized spacial score (nSPS) is 13.4. The van der Waals surface area contributed by atoms with E-state index in [0.29, 0.717) is 0 Å². The Labute approximate surface area is 86.4 Å². The van der Waals surface area contributed by atoms with Crippen LogP contribution in [0.15, 0.2) is 0 Å². The van der Waals surface area contributed by atoms with Gasteiger partial charge in [0, 0.05) is 0 Å². The molecule has 7 nitrogen and oxygen atoms in total. The van der Waals surface area contributed by atoms with Gasteiger partial charge in [-0.05, 0) is 20.8 Å². The minimum Gasteiger partial charge on any atom is -0.365 e. The van der Waals surface area contributed by atoms with Crippen molar-refractivity contribution in [3.8, 4) is 0 Å². The van der Waals surface area contributed by atoms with Crippen molar-refractivity contribution in [1.29, 1.82) is 0 Å². The molecule has 0 aromatic carbocycles. The molecule has 0 spiro atoms. The van der Waals surface area contributed by atoms with Gasteiger partial charge in [0.25, 0.3) is 0 Å². The second-order valence-electron chi connectivity index (χ2n) is 3.75. The molecule has 0 heterocycles. The number of aliphatic hydroxyl groups excluding tert-OH is 1. The van der Waals surface area contributed by atoms with Crippen LogP contribution >= 0.6 is 0 Å². The van der Waals surface area contributed by atoms with Crippen molar-refractivity contribution in [2.45, 2.75) is 39.1 Å². The molecule has 0 aliphatic carbocycles. The summed E-state index contributed by atoms with van der Waals surface area (Å²) in [5.41, 5.74) is -0.734. The number of carbonyl (C=O) groups excluding carboxylic acids is 2. The van der Waals surface area contributed by atoms with Gasteiger partial charge in [0.2, 0.25) is 5.78 Å². The highest BCUT2D eigenvalue weighted by atomic mass is 17.2. The average Bonchev–Trinajstić information content (AvgIpc) is 2.12. The van der Waals surface area contributed by atoms with Crippen LogP contribution in [0.4, 0.5) is 0 Å². The summed E-state index contributed by atoms with van der Waals surface area (Å²) in [6.07, 6.45) is -2.46. The van der Waals surface area contributed by atoms with E-state index in [1.54, 1.807) is 20.8 Å². The van der Waals surface area contributed by atoms with Crippen molar-refractivity contribution in [2.24, 2.45) is 0 Å². The number of aliphatic hydroxyl groups is 1. The van der Waals surface area contributed by atoms with Crippen molar-refractivity contribution >= 4 is 11.8 Å². The summed E-state index contributed by atoms with van der Waals surface area (Å²) in [6.45, 7) is 4.86. The Morgan fingerprint density at radius 1 is 1.33 bits per heavy atom. The van der Waals surface area contributed by atoms with Crippen LogP contribution in [0, 0.1) is 0 Å². The highest BCUT2D eigenvalue weighted by Crippen LogP contribution is 2.07. The second kappa shape index (κ2) is 5.76. The molecule has 0 aliphatic heterocycles. The van der Waals surface area contributed by atoms with Crippen molar-refractivity contribution < 1.29 is 34.6 Å². The smallest absolute Gasteiger partial charge is 0.365 e. The lowest BCUT2D eigenvalue weighted by Crippen LogP contribution is -2.28. The van der Waals surface area contributed by atoms with E-state index in [4.69, 9.17) is 10.4 Å². The van der Waals surface area contributed by atoms with Crippen molar-refractivity contribution in [2.75, 3.05) is 0 Å². The van der Waals surface area contributed by atoms with E-state index in [9.17, 15) is 9.59 Å². The van der Waals surface area contributed by atoms with Gasteiger partial charge < -0.3 is 5.11 Å². The minimum atomic E-state index is -1.75. The zero-order valence-electron chi connectivity index (χ0n) is 8.72. The van der Waals surface area contributed by atoms with E-state index in [0.717, 1.165) is 0 Å². The van der Waals surface area contributed by atoms with E-state index in [-0.39, 0.29) is 0 Å². The van der Waals surface area contributed by atoms with Crippen LogP contribution in [-0.2, 0) is 24.3 Å². The molecular formula is C8H14O7. The first-order valence-electron chi connectivity index (χ1n) is 4.17. The van der Waals surface area contributed by atoms with Gasteiger partial charge in [-0.15, -0.1) is 0 Å². The molecule has 0 bridgehead atoms. The van der Waals surface area contributed by atoms with Crippen LogP contribution in [0.2, 0.25) is 0 Å². The molecule has 0 aromatic rings. The molecule has 88 valence electrons. The molecule has 1 unspecified atom stereocenters. The number of Topliss-reactive ketones (excluding diaryl/α,β-unsaturated/α-hetero) is 1. The molecule has 0 aromatic heterocycles. The molecular weight excluding hydrogens is 208 g/mol. The highest BCUT2D eigenvalue weighted by molar-refractivity contribution is 6.33. The van der Waals surface area contributed by atoms with Crippen LogP contribution in [-0.4, -0.2) is 34.0 Å². The molecule has 0 aliphatic rings. The maximum atomic E-state index is 10.9. The molecule has 0 amide bonds. The Kier molecular flexibility index (Phi) is 5.37. The summed E-state index contributed by atoms with van der Waals surface area (Å²) in [5, 5.41) is 16.6. The van der Waals surface area contributed by atoms with Gasteiger partial charge in [0.05, 0.1) is 6.42 Å². The molecule has 1 atom stereocenters. The van der Waals surface area contributed by atoms with Gasteiger partial charge in [-0.2, -0.15) is 4.89 Å². The predicted octanol–water partition coefficient (Wildman–Crippen LogP) is 0.0269. The molecule has 2 N–H and O–H groups in total. The fourth-order valence-corrected chi connectivity index (χ4v) is 0.489. The number of ketones is 1. The van der Waals surface area contributed by atoms with E-state index in [1.165, 1.54) is 0 Å². The maximum absolute atomic E-state index is 10.9. The molecule has 0 saturated carbocycles. The Balaban J connectivity index is 3.96. The molecule has 0 rings (SSSR count). The molecule has 0 radical (unpaired) electrons. The fourth-order valence-electron chi connectivity index (χ4n) is 0.489. The summed E-state index contributed by atoms with van der Waals surface area (Å²) < 4.78 is 0. The standard InChI is InChI=1S/C8H14O7/c1-8(2,3)15-14-7(11)5(9)4-6(10)13-12/h6,10,12H,4H2,1-3H3. The second-order valence-corrected chi connectivity index (χ2v) is 3.75. The first-order chi connectivity index (χ1) is 6.76. The van der Waals surface area contributed by atoms with Gasteiger partial charge in [-0.1, -0.05) is 0 Å². The van der Waals surface area contributed by atoms with Gasteiger partial charge >= 0.3 is 5.97 Å². The minimum absolute atomic E-state index is 0.706. The Morgan fingerprint density at radius 2 is 1.87 bits per heavy atom. The third kappa shape index (κ3) is 6.97. The number of hydrogen-bond acceptors (Lipinski definition) is 7. The number of carbonyl (C=O) groups is 2.